The lowest BCUT2D eigenvalue weighted by atomic mass is 9.97. The molecule has 3 fully saturated rings. The fourth-order valence-electron chi connectivity index (χ4n) is 4.06. The summed E-state index contributed by atoms with van der Waals surface area (Å²) in [5, 5.41) is 2.62. The van der Waals surface area contributed by atoms with Gasteiger partial charge in [-0.05, 0) is 37.3 Å². The van der Waals surface area contributed by atoms with Gasteiger partial charge in [-0.2, -0.15) is 0 Å². The monoisotopic (exact) mass is 355 g/mol. The van der Waals surface area contributed by atoms with Gasteiger partial charge in [0.2, 0.25) is 11.8 Å². The maximum atomic E-state index is 13.0. The van der Waals surface area contributed by atoms with E-state index in [4.69, 9.17) is 0 Å². The van der Waals surface area contributed by atoms with Crippen LogP contribution in [0.3, 0.4) is 0 Å². The number of carbonyl (C=O) groups excluding carboxylic acids is 3. The standard InChI is InChI=1S/C20H25N3O3/c1-12-3-6-16(13-4-5-13)17(7-12)20(26)22-10-15(11-22)23-9-14(8-18(23)24)19(25)21-2/h3,6-7,13-15H,4-5,8-11H2,1-2H3,(H,21,25). The Morgan fingerprint density at radius 1 is 1.15 bits per heavy atom. The third kappa shape index (κ3) is 2.97. The van der Waals surface area contributed by atoms with Crippen molar-refractivity contribution in [1.29, 1.82) is 0 Å². The first-order valence-corrected chi connectivity index (χ1v) is 9.38. The molecule has 26 heavy (non-hydrogen) atoms. The van der Waals surface area contributed by atoms with Crippen molar-refractivity contribution in [3.05, 3.63) is 34.9 Å². The Kier molecular flexibility index (Phi) is 4.21. The molecule has 3 amide bonds. The second-order valence-corrected chi connectivity index (χ2v) is 7.79. The van der Waals surface area contributed by atoms with Crippen LogP contribution < -0.4 is 5.32 Å². The average molecular weight is 355 g/mol. The first kappa shape index (κ1) is 17.1. The quantitative estimate of drug-likeness (QED) is 0.885. The summed E-state index contributed by atoms with van der Waals surface area (Å²) >= 11 is 0. The van der Waals surface area contributed by atoms with Gasteiger partial charge >= 0.3 is 0 Å². The van der Waals surface area contributed by atoms with E-state index in [1.54, 1.807) is 11.9 Å². The van der Waals surface area contributed by atoms with Crippen LogP contribution in [0, 0.1) is 12.8 Å². The minimum Gasteiger partial charge on any atom is -0.359 e. The number of hydrogen-bond acceptors (Lipinski definition) is 3. The van der Waals surface area contributed by atoms with Gasteiger partial charge in [-0.25, -0.2) is 0 Å². The summed E-state index contributed by atoms with van der Waals surface area (Å²) in [6.45, 7) is 3.59. The third-order valence-electron chi connectivity index (χ3n) is 5.82. The lowest BCUT2D eigenvalue weighted by Gasteiger charge is -2.44. The Hall–Kier alpha value is -2.37. The molecule has 1 aromatic rings. The topological polar surface area (TPSA) is 69.7 Å². The second-order valence-electron chi connectivity index (χ2n) is 7.79. The van der Waals surface area contributed by atoms with Crippen molar-refractivity contribution < 1.29 is 14.4 Å². The SMILES string of the molecule is CNC(=O)C1CC(=O)N(C2CN(C(=O)c3cc(C)ccc3C3CC3)C2)C1. The molecule has 1 N–H and O–H groups in total. The summed E-state index contributed by atoms with van der Waals surface area (Å²) in [6, 6.07) is 6.20. The fourth-order valence-corrected chi connectivity index (χ4v) is 4.06. The van der Waals surface area contributed by atoms with Gasteiger partial charge < -0.3 is 15.1 Å². The zero-order valence-electron chi connectivity index (χ0n) is 15.3. The molecule has 1 aliphatic carbocycles. The molecule has 0 radical (unpaired) electrons. The van der Waals surface area contributed by atoms with Crippen LogP contribution in [-0.4, -0.2) is 60.2 Å². The zero-order chi connectivity index (χ0) is 18.4. The number of rotatable bonds is 4. The highest BCUT2D eigenvalue weighted by molar-refractivity contribution is 5.97. The van der Waals surface area contributed by atoms with Gasteiger partial charge in [-0.1, -0.05) is 17.7 Å². The van der Waals surface area contributed by atoms with Crippen LogP contribution in [0.1, 0.15) is 46.7 Å². The average Bonchev–Trinajstić information content (AvgIpc) is 3.36. The van der Waals surface area contributed by atoms with Gasteiger partial charge in [0.1, 0.15) is 0 Å². The van der Waals surface area contributed by atoms with E-state index >= 15 is 0 Å². The molecule has 1 unspecified atom stereocenters. The molecule has 6 heteroatoms. The van der Waals surface area contributed by atoms with E-state index in [-0.39, 0.29) is 36.1 Å². The van der Waals surface area contributed by atoms with Gasteiger partial charge in [-0.15, -0.1) is 0 Å². The number of amides is 3. The van der Waals surface area contributed by atoms with Crippen LogP contribution in [0.5, 0.6) is 0 Å². The Bertz CT molecular complexity index is 766. The number of carbonyl (C=O) groups is 3. The molecular formula is C20H25N3O3. The Morgan fingerprint density at radius 2 is 1.88 bits per heavy atom. The van der Waals surface area contributed by atoms with Crippen molar-refractivity contribution in [2.24, 2.45) is 5.92 Å². The van der Waals surface area contributed by atoms with Gasteiger partial charge in [0, 0.05) is 38.7 Å². The molecule has 4 rings (SSSR count). The third-order valence-corrected chi connectivity index (χ3v) is 5.82. The van der Waals surface area contributed by atoms with E-state index < -0.39 is 0 Å². The predicted molar refractivity (Wildman–Crippen MR) is 96.7 cm³/mol. The lowest BCUT2D eigenvalue weighted by Crippen LogP contribution is -2.61. The maximum Gasteiger partial charge on any atom is 0.254 e. The number of likely N-dealkylation sites (tertiary alicyclic amines) is 2. The Morgan fingerprint density at radius 3 is 2.54 bits per heavy atom. The van der Waals surface area contributed by atoms with Gasteiger partial charge in [0.15, 0.2) is 0 Å². The van der Waals surface area contributed by atoms with Gasteiger partial charge in [-0.3, -0.25) is 14.4 Å². The molecule has 2 aliphatic heterocycles. The van der Waals surface area contributed by atoms with Crippen LogP contribution in [0.25, 0.3) is 0 Å². The highest BCUT2D eigenvalue weighted by Crippen LogP contribution is 2.42. The summed E-state index contributed by atoms with van der Waals surface area (Å²) < 4.78 is 0. The highest BCUT2D eigenvalue weighted by atomic mass is 16.2. The van der Waals surface area contributed by atoms with Crippen molar-refractivity contribution in [3.63, 3.8) is 0 Å². The number of aryl methyl sites for hydroxylation is 1. The summed E-state index contributed by atoms with van der Waals surface area (Å²) in [5.74, 6) is 0.267. The minimum absolute atomic E-state index is 0.0184. The van der Waals surface area contributed by atoms with Crippen molar-refractivity contribution >= 4 is 17.7 Å². The Balaban J connectivity index is 1.41. The predicted octanol–water partition coefficient (Wildman–Crippen LogP) is 1.29. The van der Waals surface area contributed by atoms with E-state index in [2.05, 4.69) is 17.4 Å². The molecule has 2 heterocycles. The van der Waals surface area contributed by atoms with Gasteiger partial charge in [0.05, 0.1) is 12.0 Å². The van der Waals surface area contributed by atoms with E-state index in [0.29, 0.717) is 25.6 Å². The van der Waals surface area contributed by atoms with Crippen molar-refractivity contribution in [1.82, 2.24) is 15.1 Å². The van der Waals surface area contributed by atoms with Crippen LogP contribution in [0.15, 0.2) is 18.2 Å². The molecule has 0 bridgehead atoms. The molecule has 1 atom stereocenters. The van der Waals surface area contributed by atoms with Crippen LogP contribution in [0.4, 0.5) is 0 Å². The molecule has 6 nitrogen and oxygen atoms in total. The van der Waals surface area contributed by atoms with Crippen LogP contribution >= 0.6 is 0 Å². The first-order valence-electron chi connectivity index (χ1n) is 9.38. The van der Waals surface area contributed by atoms with E-state index in [1.807, 2.05) is 17.9 Å². The molecule has 0 spiro atoms. The normalized spacial score (nSPS) is 23.2. The highest BCUT2D eigenvalue weighted by Gasteiger charge is 2.44. The summed E-state index contributed by atoms with van der Waals surface area (Å²) in [4.78, 5) is 40.6. The molecule has 138 valence electrons. The molecule has 2 saturated heterocycles. The maximum absolute atomic E-state index is 13.0. The smallest absolute Gasteiger partial charge is 0.254 e. The summed E-state index contributed by atoms with van der Waals surface area (Å²) in [6.07, 6.45) is 2.60. The molecule has 1 aromatic carbocycles. The zero-order valence-corrected chi connectivity index (χ0v) is 15.3. The summed E-state index contributed by atoms with van der Waals surface area (Å²) in [5.41, 5.74) is 3.08. The Labute approximate surface area is 153 Å². The number of benzene rings is 1. The molecule has 3 aliphatic rings. The first-order chi connectivity index (χ1) is 12.5. The lowest BCUT2D eigenvalue weighted by molar-refractivity contribution is -0.132. The van der Waals surface area contributed by atoms with Crippen molar-refractivity contribution in [2.75, 3.05) is 26.7 Å². The van der Waals surface area contributed by atoms with E-state index in [0.717, 1.165) is 24.0 Å². The fraction of sp³-hybridized carbons (Fsp3) is 0.550. The van der Waals surface area contributed by atoms with Crippen LogP contribution in [0.2, 0.25) is 0 Å². The van der Waals surface area contributed by atoms with Crippen LogP contribution in [-0.2, 0) is 9.59 Å². The number of nitrogens with one attached hydrogen (secondary N) is 1. The van der Waals surface area contributed by atoms with Gasteiger partial charge in [0.25, 0.3) is 5.91 Å². The number of hydrogen-bond donors (Lipinski definition) is 1. The van der Waals surface area contributed by atoms with Crippen molar-refractivity contribution in [3.8, 4) is 0 Å². The molecule has 1 saturated carbocycles. The summed E-state index contributed by atoms with van der Waals surface area (Å²) in [7, 11) is 1.60. The number of nitrogens with zero attached hydrogens (tertiary/aromatic N) is 2. The molecular weight excluding hydrogens is 330 g/mol. The second kappa shape index (κ2) is 6.41. The largest absolute Gasteiger partial charge is 0.359 e. The minimum atomic E-state index is -0.268. The molecule has 0 aromatic heterocycles. The van der Waals surface area contributed by atoms with E-state index in [1.165, 1.54) is 5.56 Å². The van der Waals surface area contributed by atoms with Crippen molar-refractivity contribution in [2.45, 2.75) is 38.1 Å². The van der Waals surface area contributed by atoms with E-state index in [9.17, 15) is 14.4 Å².